The number of hydrogen-bond donors (Lipinski definition) is 1. The predicted octanol–water partition coefficient (Wildman–Crippen LogP) is 2.71. The van der Waals surface area contributed by atoms with Gasteiger partial charge in [0.2, 0.25) is 0 Å². The maximum Gasteiger partial charge on any atom is 0.262 e. The zero-order valence-electron chi connectivity index (χ0n) is 20.1. The highest BCUT2D eigenvalue weighted by Gasteiger charge is 2.50. The SMILES string of the molecule is COc1cccc(-c2ccc([C@H]3[C@@H](CO)N4CCCCN(S(=O)(=O)c5cn(C)cn5)C[C@@H]34)cc2)c1. The van der Waals surface area contributed by atoms with Crippen molar-refractivity contribution in [1.29, 1.82) is 0 Å². The maximum atomic E-state index is 13.4. The Morgan fingerprint density at radius 2 is 1.86 bits per heavy atom. The number of aryl methyl sites for hydroxylation is 1. The molecule has 5 rings (SSSR count). The fourth-order valence-corrected chi connectivity index (χ4v) is 6.94. The number of methoxy groups -OCH3 is 1. The van der Waals surface area contributed by atoms with Crippen molar-refractivity contribution in [2.45, 2.75) is 35.9 Å². The molecular weight excluding hydrogens is 464 g/mol. The monoisotopic (exact) mass is 496 g/mol. The molecule has 3 atom stereocenters. The lowest BCUT2D eigenvalue weighted by molar-refractivity contribution is -0.0554. The molecule has 2 fully saturated rings. The smallest absolute Gasteiger partial charge is 0.262 e. The molecule has 1 N–H and O–H groups in total. The number of fused-ring (bicyclic) bond motifs is 1. The van der Waals surface area contributed by atoms with E-state index >= 15 is 0 Å². The summed E-state index contributed by atoms with van der Waals surface area (Å²) in [6.45, 7) is 1.78. The summed E-state index contributed by atoms with van der Waals surface area (Å²) in [4.78, 5) is 6.39. The summed E-state index contributed by atoms with van der Waals surface area (Å²) in [5, 5.41) is 10.3. The van der Waals surface area contributed by atoms with Crippen LogP contribution < -0.4 is 4.74 Å². The number of aliphatic hydroxyl groups is 1. The fourth-order valence-electron chi connectivity index (χ4n) is 5.48. The second-order valence-electron chi connectivity index (χ2n) is 9.38. The first kappa shape index (κ1) is 24.0. The van der Waals surface area contributed by atoms with Gasteiger partial charge in [-0.2, -0.15) is 4.31 Å². The van der Waals surface area contributed by atoms with E-state index in [1.807, 2.05) is 24.3 Å². The molecule has 3 heterocycles. The van der Waals surface area contributed by atoms with Crippen molar-refractivity contribution in [3.05, 3.63) is 66.6 Å². The Hall–Kier alpha value is -2.72. The van der Waals surface area contributed by atoms with Crippen LogP contribution in [0.3, 0.4) is 0 Å². The van der Waals surface area contributed by atoms with E-state index in [1.54, 1.807) is 29.2 Å². The van der Waals surface area contributed by atoms with Crippen LogP contribution in [0.5, 0.6) is 5.75 Å². The molecule has 0 spiro atoms. The van der Waals surface area contributed by atoms with Crippen LogP contribution in [0.2, 0.25) is 0 Å². The molecule has 3 aromatic rings. The van der Waals surface area contributed by atoms with Crippen molar-refractivity contribution in [2.75, 3.05) is 33.4 Å². The molecule has 0 unspecified atom stereocenters. The quantitative estimate of drug-likeness (QED) is 0.565. The Morgan fingerprint density at radius 3 is 2.54 bits per heavy atom. The van der Waals surface area contributed by atoms with Gasteiger partial charge in [-0.25, -0.2) is 13.4 Å². The minimum Gasteiger partial charge on any atom is -0.497 e. The van der Waals surface area contributed by atoms with Crippen LogP contribution >= 0.6 is 0 Å². The number of aromatic nitrogens is 2. The van der Waals surface area contributed by atoms with E-state index < -0.39 is 10.0 Å². The van der Waals surface area contributed by atoms with Crippen LogP contribution in [0.1, 0.15) is 24.3 Å². The van der Waals surface area contributed by atoms with Gasteiger partial charge in [0.05, 0.1) is 20.0 Å². The molecule has 0 aliphatic carbocycles. The second-order valence-corrected chi connectivity index (χ2v) is 11.3. The first-order valence-corrected chi connectivity index (χ1v) is 13.5. The summed E-state index contributed by atoms with van der Waals surface area (Å²) in [5.41, 5.74) is 3.28. The lowest BCUT2D eigenvalue weighted by Crippen LogP contribution is -2.67. The molecule has 2 aromatic carbocycles. The van der Waals surface area contributed by atoms with Crippen molar-refractivity contribution in [3.8, 4) is 16.9 Å². The van der Waals surface area contributed by atoms with Gasteiger partial charge in [0.25, 0.3) is 10.0 Å². The average molecular weight is 497 g/mol. The molecule has 2 aliphatic heterocycles. The van der Waals surface area contributed by atoms with Gasteiger partial charge in [-0.3, -0.25) is 4.90 Å². The highest BCUT2D eigenvalue weighted by atomic mass is 32.2. The number of imidazole rings is 1. The van der Waals surface area contributed by atoms with Crippen molar-refractivity contribution >= 4 is 10.0 Å². The van der Waals surface area contributed by atoms with Crippen LogP contribution in [0.25, 0.3) is 11.1 Å². The molecule has 2 saturated heterocycles. The van der Waals surface area contributed by atoms with Crippen molar-refractivity contribution in [3.63, 3.8) is 0 Å². The number of rotatable bonds is 6. The number of aliphatic hydroxyl groups excluding tert-OH is 1. The van der Waals surface area contributed by atoms with Gasteiger partial charge in [0.1, 0.15) is 5.75 Å². The van der Waals surface area contributed by atoms with Crippen molar-refractivity contribution in [2.24, 2.45) is 7.05 Å². The predicted molar refractivity (Wildman–Crippen MR) is 134 cm³/mol. The molecule has 2 aliphatic rings. The lowest BCUT2D eigenvalue weighted by Gasteiger charge is -2.57. The van der Waals surface area contributed by atoms with E-state index in [1.165, 1.54) is 6.33 Å². The van der Waals surface area contributed by atoms with E-state index in [2.05, 4.69) is 34.1 Å². The molecule has 0 saturated carbocycles. The number of nitrogens with zero attached hydrogens (tertiary/aromatic N) is 4. The summed E-state index contributed by atoms with van der Waals surface area (Å²) in [7, 11) is -0.255. The maximum absolute atomic E-state index is 13.4. The average Bonchev–Trinajstić information content (AvgIpc) is 3.30. The number of benzene rings is 2. The Balaban J connectivity index is 1.41. The Morgan fingerprint density at radius 1 is 1.09 bits per heavy atom. The third-order valence-electron chi connectivity index (χ3n) is 7.32. The first-order chi connectivity index (χ1) is 16.9. The molecule has 8 nitrogen and oxygen atoms in total. The van der Waals surface area contributed by atoms with Gasteiger partial charge < -0.3 is 14.4 Å². The van der Waals surface area contributed by atoms with E-state index in [0.29, 0.717) is 13.1 Å². The van der Waals surface area contributed by atoms with Crippen LogP contribution in [-0.2, 0) is 17.1 Å². The van der Waals surface area contributed by atoms with Gasteiger partial charge in [-0.15, -0.1) is 0 Å². The largest absolute Gasteiger partial charge is 0.497 e. The summed E-state index contributed by atoms with van der Waals surface area (Å²) in [6.07, 6.45) is 4.75. The highest BCUT2D eigenvalue weighted by Crippen LogP contribution is 2.43. The van der Waals surface area contributed by atoms with Gasteiger partial charge in [-0.05, 0) is 48.2 Å². The van der Waals surface area contributed by atoms with Gasteiger partial charge in [-0.1, -0.05) is 36.4 Å². The van der Waals surface area contributed by atoms with Crippen LogP contribution in [0.4, 0.5) is 0 Å². The molecule has 9 heteroatoms. The first-order valence-electron chi connectivity index (χ1n) is 12.0. The Kier molecular flexibility index (Phi) is 6.67. The summed E-state index contributed by atoms with van der Waals surface area (Å²) in [6, 6.07) is 16.3. The minimum atomic E-state index is -3.68. The van der Waals surface area contributed by atoms with Crippen molar-refractivity contribution < 1.29 is 18.3 Å². The molecule has 0 amide bonds. The van der Waals surface area contributed by atoms with Crippen LogP contribution in [0, 0.1) is 0 Å². The molecule has 0 bridgehead atoms. The number of ether oxygens (including phenoxy) is 1. The molecular formula is C26H32N4O4S. The standard InChI is InChI=1S/C26H32N4O4S/c1-28-16-25(27-18-28)35(32,33)29-12-3-4-13-30-23(15-29)26(24(30)17-31)20-10-8-19(9-11-20)21-6-5-7-22(14-21)34-2/h5-11,14,16,18,23-24,26,31H,3-4,12-13,15,17H2,1-2H3/t23-,24+,26+/m0/s1. The van der Waals surface area contributed by atoms with E-state index in [4.69, 9.17) is 4.74 Å². The second kappa shape index (κ2) is 9.73. The highest BCUT2D eigenvalue weighted by molar-refractivity contribution is 7.89. The van der Waals surface area contributed by atoms with E-state index in [-0.39, 0.29) is 29.6 Å². The van der Waals surface area contributed by atoms with E-state index in [0.717, 1.165) is 41.8 Å². The molecule has 186 valence electrons. The van der Waals surface area contributed by atoms with Crippen molar-refractivity contribution in [1.82, 2.24) is 18.8 Å². The number of hydrogen-bond acceptors (Lipinski definition) is 6. The Labute approximate surface area is 206 Å². The summed E-state index contributed by atoms with van der Waals surface area (Å²) in [5.74, 6) is 0.865. The zero-order chi connectivity index (χ0) is 24.6. The minimum absolute atomic E-state index is 0.00797. The normalized spacial score (nSPS) is 23.7. The Bertz CT molecular complexity index is 1270. The fraction of sp³-hybridized carbons (Fsp3) is 0.423. The van der Waals surface area contributed by atoms with Gasteiger partial charge >= 0.3 is 0 Å². The topological polar surface area (TPSA) is 87.9 Å². The summed E-state index contributed by atoms with van der Waals surface area (Å²) < 4.78 is 35.3. The zero-order valence-corrected chi connectivity index (χ0v) is 20.9. The lowest BCUT2D eigenvalue weighted by atomic mass is 9.74. The third kappa shape index (κ3) is 4.49. The molecule has 0 radical (unpaired) electrons. The van der Waals surface area contributed by atoms with Gasteiger partial charge in [0.15, 0.2) is 5.03 Å². The third-order valence-corrected chi connectivity index (χ3v) is 9.07. The van der Waals surface area contributed by atoms with Gasteiger partial charge in [0, 0.05) is 44.3 Å². The summed E-state index contributed by atoms with van der Waals surface area (Å²) >= 11 is 0. The van der Waals surface area contributed by atoms with E-state index in [9.17, 15) is 13.5 Å². The van der Waals surface area contributed by atoms with Crippen LogP contribution in [0.15, 0.2) is 66.1 Å². The molecule has 1 aromatic heterocycles. The molecule has 35 heavy (non-hydrogen) atoms. The van der Waals surface area contributed by atoms with Crippen LogP contribution in [-0.4, -0.2) is 77.7 Å². The number of sulfonamides is 1.